The minimum absolute atomic E-state index is 0.175. The summed E-state index contributed by atoms with van der Waals surface area (Å²) in [6, 6.07) is 7.31. The second-order valence-corrected chi connectivity index (χ2v) is 3.63. The van der Waals surface area contributed by atoms with Crippen molar-refractivity contribution in [2.24, 2.45) is 5.92 Å². The molecule has 0 spiro atoms. The van der Waals surface area contributed by atoms with Crippen LogP contribution in [0.25, 0.3) is 0 Å². The number of benzene rings is 1. The predicted octanol–water partition coefficient (Wildman–Crippen LogP) is 0.683. The third-order valence-corrected chi connectivity index (χ3v) is 2.61. The van der Waals surface area contributed by atoms with E-state index in [1.165, 1.54) is 0 Å². The molecule has 80 valence electrons. The van der Waals surface area contributed by atoms with Gasteiger partial charge in [0.2, 0.25) is 6.10 Å². The van der Waals surface area contributed by atoms with Crippen LogP contribution in [0.4, 0.5) is 0 Å². The smallest absolute Gasteiger partial charge is 0.345 e. The second kappa shape index (κ2) is 3.90. The third kappa shape index (κ3) is 1.80. The lowest BCUT2D eigenvalue weighted by Crippen LogP contribution is -2.41. The van der Waals surface area contributed by atoms with E-state index in [-0.39, 0.29) is 12.5 Å². The molecule has 4 heteroatoms. The molecule has 0 unspecified atom stereocenters. The molecule has 0 amide bonds. The van der Waals surface area contributed by atoms with Gasteiger partial charge >= 0.3 is 5.97 Å². The highest BCUT2D eigenvalue weighted by atomic mass is 16.5. The number of carbonyl (C=O) groups is 1. The second-order valence-electron chi connectivity index (χ2n) is 3.63. The summed E-state index contributed by atoms with van der Waals surface area (Å²) in [5.74, 6) is -0.782. The summed E-state index contributed by atoms with van der Waals surface area (Å²) in [7, 11) is 0. The predicted molar refractivity (Wildman–Crippen MR) is 52.8 cm³/mol. The maximum absolute atomic E-state index is 10.9. The summed E-state index contributed by atoms with van der Waals surface area (Å²) < 4.78 is 5.34. The van der Waals surface area contributed by atoms with Gasteiger partial charge in [-0.15, -0.1) is 0 Å². The van der Waals surface area contributed by atoms with Crippen molar-refractivity contribution in [1.29, 1.82) is 0 Å². The quantitative estimate of drug-likeness (QED) is 0.750. The minimum atomic E-state index is -1.02. The molecule has 0 radical (unpaired) electrons. The average molecular weight is 208 g/mol. The Bertz CT molecular complexity index is 375. The molecule has 1 heterocycles. The molecule has 2 N–H and O–H groups in total. The summed E-state index contributed by atoms with van der Waals surface area (Å²) in [5.41, 5.74) is 0.953. The van der Waals surface area contributed by atoms with Crippen molar-refractivity contribution >= 4 is 5.97 Å². The van der Waals surface area contributed by atoms with Crippen molar-refractivity contribution in [3.8, 4) is 5.75 Å². The summed E-state index contributed by atoms with van der Waals surface area (Å²) in [6.07, 6.45) is -0.395. The number of ether oxygens (including phenoxy) is 1. The maximum Gasteiger partial charge on any atom is 0.345 e. The van der Waals surface area contributed by atoms with Crippen LogP contribution >= 0.6 is 0 Å². The van der Waals surface area contributed by atoms with E-state index in [1.54, 1.807) is 12.1 Å². The van der Waals surface area contributed by atoms with Crippen LogP contribution < -0.4 is 4.74 Å². The molecule has 15 heavy (non-hydrogen) atoms. The molecule has 1 aromatic rings. The molecule has 0 saturated heterocycles. The SMILES string of the molecule is O=C(O)[C@@H]1Oc2ccccc2C[C@H]1CO. The molecule has 0 fully saturated rings. The van der Waals surface area contributed by atoms with Gasteiger partial charge in [0, 0.05) is 5.92 Å². The lowest BCUT2D eigenvalue weighted by molar-refractivity contribution is -0.149. The lowest BCUT2D eigenvalue weighted by atomic mass is 9.91. The number of rotatable bonds is 2. The molecular weight excluding hydrogens is 196 g/mol. The van der Waals surface area contributed by atoms with E-state index in [0.29, 0.717) is 12.2 Å². The summed E-state index contributed by atoms with van der Waals surface area (Å²) in [4.78, 5) is 10.9. The van der Waals surface area contributed by atoms with E-state index < -0.39 is 12.1 Å². The summed E-state index contributed by atoms with van der Waals surface area (Å²) in [6.45, 7) is -0.175. The Morgan fingerprint density at radius 1 is 1.47 bits per heavy atom. The summed E-state index contributed by atoms with van der Waals surface area (Å²) >= 11 is 0. The fourth-order valence-corrected chi connectivity index (χ4v) is 1.82. The molecule has 1 aliphatic rings. The molecule has 2 rings (SSSR count). The average Bonchev–Trinajstić information content (AvgIpc) is 2.27. The Balaban J connectivity index is 2.30. The van der Waals surface area contributed by atoms with Crippen LogP contribution in [0, 0.1) is 5.92 Å². The number of hydrogen-bond acceptors (Lipinski definition) is 3. The first kappa shape index (κ1) is 9.98. The number of para-hydroxylation sites is 1. The van der Waals surface area contributed by atoms with Gasteiger partial charge in [0.1, 0.15) is 5.75 Å². The van der Waals surface area contributed by atoms with Crippen LogP contribution in [0.5, 0.6) is 5.75 Å². The zero-order chi connectivity index (χ0) is 10.8. The number of aliphatic carboxylic acids is 1. The largest absolute Gasteiger partial charge is 0.478 e. The van der Waals surface area contributed by atoms with Gasteiger partial charge in [-0.1, -0.05) is 18.2 Å². The van der Waals surface area contributed by atoms with Gasteiger partial charge < -0.3 is 14.9 Å². The first-order valence-electron chi connectivity index (χ1n) is 4.80. The zero-order valence-electron chi connectivity index (χ0n) is 8.09. The molecule has 1 aliphatic heterocycles. The molecule has 2 atom stereocenters. The Kier molecular flexibility index (Phi) is 2.60. The maximum atomic E-state index is 10.9. The highest BCUT2D eigenvalue weighted by Crippen LogP contribution is 2.30. The Morgan fingerprint density at radius 3 is 2.87 bits per heavy atom. The first-order chi connectivity index (χ1) is 7.22. The van der Waals surface area contributed by atoms with Crippen molar-refractivity contribution in [3.63, 3.8) is 0 Å². The van der Waals surface area contributed by atoms with Crippen LogP contribution in [0.1, 0.15) is 5.56 Å². The third-order valence-electron chi connectivity index (χ3n) is 2.61. The normalized spacial score (nSPS) is 24.1. The Morgan fingerprint density at radius 2 is 2.20 bits per heavy atom. The van der Waals surface area contributed by atoms with Crippen LogP contribution in [0.3, 0.4) is 0 Å². The van der Waals surface area contributed by atoms with Gasteiger partial charge in [-0.05, 0) is 18.1 Å². The van der Waals surface area contributed by atoms with Gasteiger partial charge in [-0.3, -0.25) is 0 Å². The van der Waals surface area contributed by atoms with E-state index in [9.17, 15) is 4.79 Å². The van der Waals surface area contributed by atoms with Crippen molar-refractivity contribution in [2.75, 3.05) is 6.61 Å². The van der Waals surface area contributed by atoms with Crippen LogP contribution in [0.15, 0.2) is 24.3 Å². The minimum Gasteiger partial charge on any atom is -0.478 e. The number of carboxylic acids is 1. The Labute approximate surface area is 87.1 Å². The van der Waals surface area contributed by atoms with Gasteiger partial charge in [0.15, 0.2) is 0 Å². The number of hydrogen-bond donors (Lipinski definition) is 2. The number of aliphatic hydroxyl groups is 1. The van der Waals surface area contributed by atoms with E-state index in [2.05, 4.69) is 0 Å². The van der Waals surface area contributed by atoms with Gasteiger partial charge in [0.05, 0.1) is 6.61 Å². The van der Waals surface area contributed by atoms with E-state index in [4.69, 9.17) is 14.9 Å². The number of aliphatic hydroxyl groups excluding tert-OH is 1. The molecule has 4 nitrogen and oxygen atoms in total. The fourth-order valence-electron chi connectivity index (χ4n) is 1.82. The van der Waals surface area contributed by atoms with Gasteiger partial charge in [0.25, 0.3) is 0 Å². The van der Waals surface area contributed by atoms with Crippen LogP contribution in [0.2, 0.25) is 0 Å². The molecule has 0 bridgehead atoms. The zero-order valence-corrected chi connectivity index (χ0v) is 8.09. The number of fused-ring (bicyclic) bond motifs is 1. The van der Waals surface area contributed by atoms with E-state index in [1.807, 2.05) is 12.1 Å². The number of carboxylic acid groups (broad SMARTS) is 1. The Hall–Kier alpha value is -1.55. The topological polar surface area (TPSA) is 66.8 Å². The van der Waals surface area contributed by atoms with Crippen molar-refractivity contribution < 1.29 is 19.7 Å². The fraction of sp³-hybridized carbons (Fsp3) is 0.364. The summed E-state index contributed by atoms with van der Waals surface area (Å²) in [5, 5.41) is 18.0. The molecule has 0 aliphatic carbocycles. The molecule has 0 saturated carbocycles. The first-order valence-corrected chi connectivity index (χ1v) is 4.80. The highest BCUT2D eigenvalue weighted by Gasteiger charge is 2.34. The molecule has 0 aromatic heterocycles. The van der Waals surface area contributed by atoms with E-state index in [0.717, 1.165) is 5.56 Å². The van der Waals surface area contributed by atoms with Crippen molar-refractivity contribution in [2.45, 2.75) is 12.5 Å². The molecule has 1 aromatic carbocycles. The lowest BCUT2D eigenvalue weighted by Gasteiger charge is -2.29. The van der Waals surface area contributed by atoms with Crippen LogP contribution in [-0.2, 0) is 11.2 Å². The van der Waals surface area contributed by atoms with Crippen molar-refractivity contribution in [3.05, 3.63) is 29.8 Å². The van der Waals surface area contributed by atoms with Crippen LogP contribution in [-0.4, -0.2) is 28.9 Å². The van der Waals surface area contributed by atoms with Crippen molar-refractivity contribution in [1.82, 2.24) is 0 Å². The van der Waals surface area contributed by atoms with Gasteiger partial charge in [-0.25, -0.2) is 4.79 Å². The monoisotopic (exact) mass is 208 g/mol. The molecular formula is C11H12O4. The van der Waals surface area contributed by atoms with Gasteiger partial charge in [-0.2, -0.15) is 0 Å². The van der Waals surface area contributed by atoms with E-state index >= 15 is 0 Å². The highest BCUT2D eigenvalue weighted by molar-refractivity contribution is 5.73. The standard InChI is InChI=1S/C11H12O4/c12-6-8-5-7-3-1-2-4-9(7)15-10(8)11(13)14/h1-4,8,10,12H,5-6H2,(H,13,14)/t8-,10+/m0/s1.